The third kappa shape index (κ3) is 9.49. The van der Waals surface area contributed by atoms with Crippen LogP contribution in [0.15, 0.2) is 72.8 Å². The summed E-state index contributed by atoms with van der Waals surface area (Å²) < 4.78 is 45.0. The van der Waals surface area contributed by atoms with Crippen molar-refractivity contribution in [3.63, 3.8) is 0 Å². The third-order valence-electron chi connectivity index (χ3n) is 9.61. The number of ether oxygens (including phenoxy) is 8. The SMILES string of the molecule is COC(=O)COc1c2cccc1Cc1cc3cc(c1OCC(=O)OC)Cc1cccc(c1OCC(=O)OC)Cc1cc(cc(c1OCC(=O)OC)C2)C/C=C/C3. The van der Waals surface area contributed by atoms with Crippen LogP contribution in [-0.4, -0.2) is 78.7 Å². The first-order chi connectivity index (χ1) is 27.2. The number of carbonyl (C=O) groups is 4. The summed E-state index contributed by atoms with van der Waals surface area (Å²) >= 11 is 0. The minimum absolute atomic E-state index is 0.300. The third-order valence-corrected chi connectivity index (χ3v) is 9.61. The molecule has 0 amide bonds. The van der Waals surface area contributed by atoms with E-state index < -0.39 is 23.9 Å². The van der Waals surface area contributed by atoms with E-state index >= 15 is 0 Å². The van der Waals surface area contributed by atoms with Crippen LogP contribution < -0.4 is 18.9 Å². The molecule has 292 valence electrons. The van der Waals surface area contributed by atoms with Crippen LogP contribution in [0, 0.1) is 0 Å². The Bertz CT molecular complexity index is 1910. The minimum atomic E-state index is -0.548. The second-order valence-corrected chi connectivity index (χ2v) is 13.3. The van der Waals surface area contributed by atoms with Crippen molar-refractivity contribution in [1.29, 1.82) is 0 Å². The van der Waals surface area contributed by atoms with Gasteiger partial charge in [-0.15, -0.1) is 0 Å². The number of esters is 4. The molecular formula is C44H44O12. The summed E-state index contributed by atoms with van der Waals surface area (Å²) in [5.74, 6) is -0.247. The topological polar surface area (TPSA) is 142 Å². The maximum atomic E-state index is 12.5. The lowest BCUT2D eigenvalue weighted by Crippen LogP contribution is -2.17. The zero-order valence-corrected chi connectivity index (χ0v) is 31.9. The highest BCUT2D eigenvalue weighted by Gasteiger charge is 2.25. The van der Waals surface area contributed by atoms with Crippen LogP contribution in [0.2, 0.25) is 0 Å². The van der Waals surface area contributed by atoms with E-state index in [1.165, 1.54) is 28.4 Å². The first-order valence-electron chi connectivity index (χ1n) is 18.1. The quantitative estimate of drug-likeness (QED) is 0.0934. The maximum absolute atomic E-state index is 12.5. The molecule has 12 nitrogen and oxygen atoms in total. The van der Waals surface area contributed by atoms with Crippen molar-refractivity contribution in [3.8, 4) is 23.0 Å². The fourth-order valence-electron chi connectivity index (χ4n) is 7.01. The fourth-order valence-corrected chi connectivity index (χ4v) is 7.01. The number of para-hydroxylation sites is 2. The fraction of sp³-hybridized carbons (Fsp3) is 0.318. The summed E-state index contributed by atoms with van der Waals surface area (Å²) in [5, 5.41) is 0. The highest BCUT2D eigenvalue weighted by Crippen LogP contribution is 2.40. The second-order valence-electron chi connectivity index (χ2n) is 13.3. The molecule has 0 aliphatic heterocycles. The largest absolute Gasteiger partial charge is 0.481 e. The molecule has 0 N–H and O–H groups in total. The molecule has 0 atom stereocenters. The molecule has 0 saturated heterocycles. The van der Waals surface area contributed by atoms with Crippen molar-refractivity contribution in [2.45, 2.75) is 38.5 Å². The normalized spacial score (nSPS) is 13.3. The Morgan fingerprint density at radius 3 is 0.911 bits per heavy atom. The lowest BCUT2D eigenvalue weighted by molar-refractivity contribution is -0.143. The molecule has 2 aliphatic carbocycles. The van der Waals surface area contributed by atoms with Gasteiger partial charge in [0.1, 0.15) is 23.0 Å². The molecule has 12 heteroatoms. The molecule has 0 saturated carbocycles. The van der Waals surface area contributed by atoms with E-state index in [4.69, 9.17) is 37.9 Å². The molecule has 0 heterocycles. The van der Waals surface area contributed by atoms with Gasteiger partial charge in [0.05, 0.1) is 28.4 Å². The number of hydrogen-bond donors (Lipinski definition) is 0. The first kappa shape index (κ1) is 39.4. The summed E-state index contributed by atoms with van der Waals surface area (Å²) in [7, 11) is 5.21. The highest BCUT2D eigenvalue weighted by atomic mass is 16.6. The molecule has 2 aliphatic rings. The molecular weight excluding hydrogens is 720 g/mol. The van der Waals surface area contributed by atoms with Crippen molar-refractivity contribution >= 4 is 23.9 Å². The Labute approximate surface area is 325 Å². The molecule has 4 aromatic carbocycles. The summed E-state index contributed by atoms with van der Waals surface area (Å²) in [5.41, 5.74) is 8.11. The standard InChI is InChI=1S/C44H44O12/c1-49-37(45)23-53-41-29-11-7-12-30(41)20-34-16-28-10-6-5-9-27-15-33(19-29)43(55-25-39(47)51-3)35(17-27)21-31-13-8-14-32(42(31)54-24-38(46)50-2)22-36(18-28)44(34)56-26-40(48)52-4/h5-8,11-18H,9-10,19-26H2,1-4H3/b6-5+. The van der Waals surface area contributed by atoms with E-state index in [9.17, 15) is 19.2 Å². The molecule has 0 unspecified atom stereocenters. The van der Waals surface area contributed by atoms with E-state index in [1.54, 1.807) is 0 Å². The van der Waals surface area contributed by atoms with Crippen LogP contribution in [0.25, 0.3) is 0 Å². The Morgan fingerprint density at radius 2 is 0.661 bits per heavy atom. The van der Waals surface area contributed by atoms with Crippen molar-refractivity contribution in [1.82, 2.24) is 0 Å². The van der Waals surface area contributed by atoms with Crippen LogP contribution in [0.1, 0.15) is 55.6 Å². The predicted molar refractivity (Wildman–Crippen MR) is 204 cm³/mol. The second kappa shape index (κ2) is 18.4. The van der Waals surface area contributed by atoms with Gasteiger partial charge >= 0.3 is 23.9 Å². The molecule has 10 bridgehead atoms. The monoisotopic (exact) mass is 764 g/mol. The van der Waals surface area contributed by atoms with Crippen LogP contribution in [0.5, 0.6) is 23.0 Å². The predicted octanol–water partition coefficient (Wildman–Crippen LogP) is 5.23. The number of allylic oxidation sites excluding steroid dienone is 2. The zero-order valence-electron chi connectivity index (χ0n) is 31.9. The van der Waals surface area contributed by atoms with Gasteiger partial charge in [0.15, 0.2) is 26.4 Å². The van der Waals surface area contributed by atoms with Gasteiger partial charge in [-0.05, 0) is 68.5 Å². The van der Waals surface area contributed by atoms with Crippen molar-refractivity contribution < 1.29 is 57.1 Å². The molecule has 56 heavy (non-hydrogen) atoms. The van der Waals surface area contributed by atoms with E-state index in [0.717, 1.165) is 55.6 Å². The molecule has 0 spiro atoms. The van der Waals surface area contributed by atoms with Gasteiger partial charge in [-0.3, -0.25) is 0 Å². The van der Waals surface area contributed by atoms with Gasteiger partial charge in [0.25, 0.3) is 0 Å². The van der Waals surface area contributed by atoms with E-state index in [2.05, 4.69) is 36.4 Å². The Hall–Kier alpha value is -6.30. The highest BCUT2D eigenvalue weighted by molar-refractivity contribution is 5.73. The zero-order chi connectivity index (χ0) is 39.6. The molecule has 4 aromatic rings. The number of benzene rings is 4. The Balaban J connectivity index is 1.66. The molecule has 0 radical (unpaired) electrons. The van der Waals surface area contributed by atoms with E-state index in [0.29, 0.717) is 61.5 Å². The van der Waals surface area contributed by atoms with Crippen LogP contribution in [0.3, 0.4) is 0 Å². The van der Waals surface area contributed by atoms with Gasteiger partial charge in [0, 0.05) is 25.7 Å². The number of carbonyl (C=O) groups excluding carboxylic acids is 4. The summed E-state index contributed by atoms with van der Waals surface area (Å²) in [4.78, 5) is 49.9. The summed E-state index contributed by atoms with van der Waals surface area (Å²) in [6.07, 6.45) is 6.62. The molecule has 0 aromatic heterocycles. The number of fused-ring (bicyclic) bond motifs is 10. The maximum Gasteiger partial charge on any atom is 0.343 e. The minimum Gasteiger partial charge on any atom is -0.481 e. The van der Waals surface area contributed by atoms with Gasteiger partial charge < -0.3 is 37.9 Å². The molecule has 0 fully saturated rings. The van der Waals surface area contributed by atoms with Crippen molar-refractivity contribution in [2.75, 3.05) is 54.9 Å². The van der Waals surface area contributed by atoms with Crippen molar-refractivity contribution in [2.24, 2.45) is 0 Å². The Kier molecular flexibility index (Phi) is 12.9. The Morgan fingerprint density at radius 1 is 0.411 bits per heavy atom. The summed E-state index contributed by atoms with van der Waals surface area (Å²) in [6.45, 7) is -1.33. The van der Waals surface area contributed by atoms with Gasteiger partial charge in [-0.1, -0.05) is 72.8 Å². The number of hydrogen-bond acceptors (Lipinski definition) is 12. The number of rotatable bonds is 12. The summed E-state index contributed by atoms with van der Waals surface area (Å²) in [6, 6.07) is 19.8. The lowest BCUT2D eigenvalue weighted by atomic mass is 9.89. The van der Waals surface area contributed by atoms with Crippen LogP contribution >= 0.6 is 0 Å². The van der Waals surface area contributed by atoms with Gasteiger partial charge in [0.2, 0.25) is 0 Å². The average Bonchev–Trinajstić information content (AvgIpc) is 3.20. The van der Waals surface area contributed by atoms with Gasteiger partial charge in [-0.2, -0.15) is 0 Å². The molecule has 6 rings (SSSR count). The first-order valence-corrected chi connectivity index (χ1v) is 18.1. The average molecular weight is 765 g/mol. The van der Waals surface area contributed by atoms with Crippen LogP contribution in [0.4, 0.5) is 0 Å². The van der Waals surface area contributed by atoms with E-state index in [-0.39, 0.29) is 26.4 Å². The van der Waals surface area contributed by atoms with Gasteiger partial charge in [-0.25, -0.2) is 19.2 Å². The lowest BCUT2D eigenvalue weighted by Gasteiger charge is -2.23. The smallest absolute Gasteiger partial charge is 0.343 e. The van der Waals surface area contributed by atoms with Crippen molar-refractivity contribution in [3.05, 3.63) is 128 Å². The van der Waals surface area contributed by atoms with E-state index in [1.807, 2.05) is 36.4 Å². The number of methoxy groups -OCH3 is 4. The van der Waals surface area contributed by atoms with Crippen LogP contribution in [-0.2, 0) is 76.7 Å².